The number of hydrogen-bond acceptors (Lipinski definition) is 0. The third-order valence-electron chi connectivity index (χ3n) is 7.19. The van der Waals surface area contributed by atoms with Crippen molar-refractivity contribution in [3.05, 3.63) is 131 Å². The Morgan fingerprint density at radius 1 is 0.500 bits per heavy atom. The van der Waals surface area contributed by atoms with Gasteiger partial charge in [0.2, 0.25) is 0 Å². The van der Waals surface area contributed by atoms with Gasteiger partial charge in [-0.25, -0.2) is 0 Å². The van der Waals surface area contributed by atoms with E-state index in [1.807, 2.05) is 12.1 Å². The Morgan fingerprint density at radius 2 is 1.03 bits per heavy atom. The van der Waals surface area contributed by atoms with E-state index in [2.05, 4.69) is 117 Å². The van der Waals surface area contributed by atoms with Crippen molar-refractivity contribution >= 4 is 40.4 Å². The number of hydrogen-bond donors (Lipinski definition) is 0. The predicted molar refractivity (Wildman–Crippen MR) is 149 cm³/mol. The molecule has 1 aliphatic rings. The SMILES string of the molecule is Cc1ccc([Si]2(c3ccc(C)cc3)c3ccccc3-c3ccc(-c4ccc(Cl)cc4)cc32)cc1. The monoisotopic (exact) mass is 472 g/mol. The fourth-order valence-electron chi connectivity index (χ4n) is 5.50. The molecule has 34 heavy (non-hydrogen) atoms. The Bertz CT molecular complexity index is 1450. The quantitative estimate of drug-likeness (QED) is 0.278. The summed E-state index contributed by atoms with van der Waals surface area (Å²) in [5.41, 5.74) is 7.74. The Labute approximate surface area is 207 Å². The van der Waals surface area contributed by atoms with Crippen molar-refractivity contribution in [1.29, 1.82) is 0 Å². The van der Waals surface area contributed by atoms with Gasteiger partial charge in [0, 0.05) is 5.02 Å². The maximum atomic E-state index is 6.19. The van der Waals surface area contributed by atoms with E-state index >= 15 is 0 Å². The van der Waals surface area contributed by atoms with Gasteiger partial charge in [-0.15, -0.1) is 0 Å². The van der Waals surface area contributed by atoms with Gasteiger partial charge in [0.25, 0.3) is 0 Å². The van der Waals surface area contributed by atoms with Gasteiger partial charge in [0.1, 0.15) is 0 Å². The van der Waals surface area contributed by atoms with Crippen molar-refractivity contribution in [2.75, 3.05) is 0 Å². The molecule has 6 rings (SSSR count). The molecule has 5 aromatic carbocycles. The smallest absolute Gasteiger partial charge is 0.0843 e. The summed E-state index contributed by atoms with van der Waals surface area (Å²) in [6.45, 7) is 4.33. The molecule has 0 fully saturated rings. The number of rotatable bonds is 3. The third-order valence-corrected chi connectivity index (χ3v) is 12.3. The fourth-order valence-corrected chi connectivity index (χ4v) is 10.8. The number of halogens is 1. The molecule has 0 saturated carbocycles. The maximum absolute atomic E-state index is 6.19. The summed E-state index contributed by atoms with van der Waals surface area (Å²) >= 11 is 6.19. The molecule has 0 aromatic heterocycles. The lowest BCUT2D eigenvalue weighted by Crippen LogP contribution is -2.72. The number of aryl methyl sites for hydroxylation is 2. The van der Waals surface area contributed by atoms with Crippen molar-refractivity contribution in [1.82, 2.24) is 0 Å². The predicted octanol–water partition coefficient (Wildman–Crippen LogP) is 5.98. The van der Waals surface area contributed by atoms with Crippen LogP contribution in [0, 0.1) is 13.8 Å². The zero-order chi connectivity index (χ0) is 23.3. The first-order valence-electron chi connectivity index (χ1n) is 11.7. The summed E-state index contributed by atoms with van der Waals surface area (Å²) in [4.78, 5) is 0. The molecule has 0 nitrogen and oxygen atoms in total. The van der Waals surface area contributed by atoms with E-state index in [0.29, 0.717) is 0 Å². The Kier molecular flexibility index (Phi) is 5.06. The van der Waals surface area contributed by atoms with Crippen molar-refractivity contribution < 1.29 is 0 Å². The highest BCUT2D eigenvalue weighted by atomic mass is 35.5. The Hall–Kier alpha value is -3.39. The minimum atomic E-state index is -2.47. The third kappa shape index (κ3) is 3.20. The molecule has 0 aliphatic carbocycles. The highest BCUT2D eigenvalue weighted by Crippen LogP contribution is 2.32. The highest BCUT2D eigenvalue weighted by molar-refractivity contribution is 7.22. The van der Waals surface area contributed by atoms with E-state index in [-0.39, 0.29) is 0 Å². The number of fused-ring (bicyclic) bond motifs is 3. The van der Waals surface area contributed by atoms with Crippen LogP contribution in [0.25, 0.3) is 22.3 Å². The summed E-state index contributed by atoms with van der Waals surface area (Å²) in [7, 11) is -2.47. The summed E-state index contributed by atoms with van der Waals surface area (Å²) < 4.78 is 0. The second-order valence-electron chi connectivity index (χ2n) is 9.29. The van der Waals surface area contributed by atoms with Gasteiger partial charge in [-0.3, -0.25) is 0 Å². The van der Waals surface area contributed by atoms with Crippen LogP contribution in [0.1, 0.15) is 11.1 Å². The van der Waals surface area contributed by atoms with E-state index in [1.54, 1.807) is 0 Å². The van der Waals surface area contributed by atoms with Gasteiger partial charge in [-0.05, 0) is 69.0 Å². The van der Waals surface area contributed by atoms with Crippen molar-refractivity contribution in [2.45, 2.75) is 13.8 Å². The average Bonchev–Trinajstić information content (AvgIpc) is 3.16. The summed E-state index contributed by atoms with van der Waals surface area (Å²) in [6.07, 6.45) is 0. The van der Waals surface area contributed by atoms with Crippen LogP contribution in [0.5, 0.6) is 0 Å². The fraction of sp³-hybridized carbons (Fsp3) is 0.0625. The molecule has 1 aliphatic heterocycles. The van der Waals surface area contributed by atoms with Gasteiger partial charge in [-0.1, -0.05) is 126 Å². The molecule has 0 saturated heterocycles. The number of benzene rings is 5. The minimum Gasteiger partial charge on any atom is -0.0843 e. The summed E-state index contributed by atoms with van der Waals surface area (Å²) in [5, 5.41) is 6.57. The molecule has 0 radical (unpaired) electrons. The van der Waals surface area contributed by atoms with E-state index < -0.39 is 8.07 Å². The maximum Gasteiger partial charge on any atom is 0.180 e. The molecule has 0 spiro atoms. The molecule has 0 atom stereocenters. The molecule has 2 heteroatoms. The van der Waals surface area contributed by atoms with E-state index in [4.69, 9.17) is 11.6 Å². The Balaban J connectivity index is 1.71. The lowest BCUT2D eigenvalue weighted by atomic mass is 10.0. The average molecular weight is 473 g/mol. The first-order chi connectivity index (χ1) is 16.6. The normalized spacial score (nSPS) is 13.4. The van der Waals surface area contributed by atoms with Crippen molar-refractivity contribution in [3.63, 3.8) is 0 Å². The van der Waals surface area contributed by atoms with Crippen molar-refractivity contribution in [2.24, 2.45) is 0 Å². The van der Waals surface area contributed by atoms with Crippen LogP contribution >= 0.6 is 11.6 Å². The van der Waals surface area contributed by atoms with Crippen LogP contribution in [0.15, 0.2) is 115 Å². The minimum absolute atomic E-state index is 0.764. The van der Waals surface area contributed by atoms with Crippen LogP contribution in [0.3, 0.4) is 0 Å². The standard InChI is InChI=1S/C32H25ClSi/c1-22-7-16-27(17-8-22)34(28-18-9-23(2)10-19-28)31-6-4-3-5-29(31)30-20-13-25(21-32(30)34)24-11-14-26(33)15-12-24/h3-21H,1-2H3. The first kappa shape index (κ1) is 21.2. The molecule has 0 bridgehead atoms. The molecule has 5 aromatic rings. The topological polar surface area (TPSA) is 0 Å². The molecular weight excluding hydrogens is 448 g/mol. The Morgan fingerprint density at radius 3 is 1.65 bits per heavy atom. The van der Waals surface area contributed by atoms with Gasteiger partial charge in [-0.2, -0.15) is 0 Å². The van der Waals surface area contributed by atoms with Gasteiger partial charge in [0.05, 0.1) is 0 Å². The second-order valence-corrected chi connectivity index (χ2v) is 13.5. The van der Waals surface area contributed by atoms with Crippen LogP contribution in [0.4, 0.5) is 0 Å². The molecular formula is C32H25ClSi. The molecule has 0 N–H and O–H groups in total. The molecule has 0 amide bonds. The molecule has 1 heterocycles. The van der Waals surface area contributed by atoms with E-state index in [0.717, 1.165) is 5.02 Å². The van der Waals surface area contributed by atoms with Crippen LogP contribution in [-0.2, 0) is 0 Å². The molecule has 0 unspecified atom stereocenters. The lowest BCUT2D eigenvalue weighted by molar-refractivity contribution is 1.48. The van der Waals surface area contributed by atoms with Gasteiger partial charge in [0.15, 0.2) is 8.07 Å². The summed E-state index contributed by atoms with van der Waals surface area (Å²) in [5.74, 6) is 0. The highest BCUT2D eigenvalue weighted by Gasteiger charge is 2.48. The van der Waals surface area contributed by atoms with Gasteiger partial charge >= 0.3 is 0 Å². The lowest BCUT2D eigenvalue weighted by Gasteiger charge is -2.31. The second kappa shape index (κ2) is 8.13. The van der Waals surface area contributed by atoms with Crippen LogP contribution < -0.4 is 20.7 Å². The first-order valence-corrected chi connectivity index (χ1v) is 14.1. The summed E-state index contributed by atoms with van der Waals surface area (Å²) in [6, 6.07) is 42.8. The largest absolute Gasteiger partial charge is 0.180 e. The van der Waals surface area contributed by atoms with Crippen molar-refractivity contribution in [3.8, 4) is 22.3 Å². The zero-order valence-corrected chi connectivity index (χ0v) is 21.1. The van der Waals surface area contributed by atoms with Crippen LogP contribution in [0.2, 0.25) is 5.02 Å². The van der Waals surface area contributed by atoms with E-state index in [1.165, 1.54) is 54.1 Å². The van der Waals surface area contributed by atoms with Crippen LogP contribution in [-0.4, -0.2) is 8.07 Å². The zero-order valence-electron chi connectivity index (χ0n) is 19.3. The van der Waals surface area contributed by atoms with Gasteiger partial charge < -0.3 is 0 Å². The van der Waals surface area contributed by atoms with E-state index in [9.17, 15) is 0 Å². The molecule has 164 valence electrons.